The average molecular weight is 383 g/mol. The Morgan fingerprint density at radius 1 is 1.11 bits per heavy atom. The molecule has 2 amide bonds. The van der Waals surface area contributed by atoms with Gasteiger partial charge in [0.2, 0.25) is 0 Å². The molecule has 27 heavy (non-hydrogen) atoms. The number of imide groups is 1. The Balaban J connectivity index is 1.90. The molecule has 0 radical (unpaired) electrons. The zero-order chi connectivity index (χ0) is 19.7. The van der Waals surface area contributed by atoms with Gasteiger partial charge in [0.1, 0.15) is 17.2 Å². The highest BCUT2D eigenvalue weighted by atomic mass is 32.2. The van der Waals surface area contributed by atoms with Gasteiger partial charge in [-0.15, -0.1) is 0 Å². The molecular weight excluding hydrogens is 362 g/mol. The molecule has 140 valence electrons. The number of carbonyl (C=O) groups is 2. The van der Waals surface area contributed by atoms with Crippen molar-refractivity contribution >= 4 is 29.0 Å². The van der Waals surface area contributed by atoms with E-state index < -0.39 is 0 Å². The van der Waals surface area contributed by atoms with Crippen molar-refractivity contribution in [2.45, 2.75) is 33.6 Å². The molecule has 0 aromatic heterocycles. The molecule has 1 fully saturated rings. The zero-order valence-electron chi connectivity index (χ0n) is 15.6. The zero-order valence-corrected chi connectivity index (χ0v) is 16.4. The van der Waals surface area contributed by atoms with E-state index in [4.69, 9.17) is 4.74 Å². The van der Waals surface area contributed by atoms with E-state index >= 15 is 0 Å². The molecular formula is C21H21NO4S. The summed E-state index contributed by atoms with van der Waals surface area (Å²) in [5, 5.41) is 11.9. The van der Waals surface area contributed by atoms with Crippen LogP contribution in [0.25, 0.3) is 6.08 Å². The summed E-state index contributed by atoms with van der Waals surface area (Å²) in [5.41, 5.74) is 3.49. The van der Waals surface area contributed by atoms with E-state index in [0.29, 0.717) is 10.7 Å². The summed E-state index contributed by atoms with van der Waals surface area (Å²) in [5.74, 6) is 1.46. The molecule has 2 N–H and O–H groups in total. The van der Waals surface area contributed by atoms with Crippen molar-refractivity contribution < 1.29 is 19.4 Å². The molecule has 0 atom stereocenters. The molecule has 2 aromatic rings. The maximum Gasteiger partial charge on any atom is 0.290 e. The number of carbonyl (C=O) groups excluding carboxylic acids is 2. The summed E-state index contributed by atoms with van der Waals surface area (Å²) >= 11 is 0.899. The first kappa shape index (κ1) is 19.0. The first-order valence-corrected chi connectivity index (χ1v) is 9.43. The highest BCUT2D eigenvalue weighted by Gasteiger charge is 2.25. The number of thioether (sulfide) groups is 1. The lowest BCUT2D eigenvalue weighted by atomic mass is 10.0. The number of hydrogen-bond donors (Lipinski definition) is 2. The second kappa shape index (κ2) is 7.48. The average Bonchev–Trinajstić information content (AvgIpc) is 2.89. The lowest BCUT2D eigenvalue weighted by Gasteiger charge is -2.15. The van der Waals surface area contributed by atoms with E-state index in [9.17, 15) is 14.7 Å². The molecule has 2 aromatic carbocycles. The first-order valence-electron chi connectivity index (χ1n) is 8.61. The normalized spacial score (nSPS) is 15.5. The fourth-order valence-corrected chi connectivity index (χ4v) is 3.66. The molecule has 6 heteroatoms. The standard InChI is InChI=1S/C21H21NO4S/c1-11(2)16-10-15(5-6-17(16)23)26-19-12(3)7-14(8-13(19)4)9-18-20(24)22-21(25)27-18/h5-11,23H,1-4H3,(H,22,24,25)/b18-9+. The van der Waals surface area contributed by atoms with Gasteiger partial charge in [0, 0.05) is 5.56 Å². The SMILES string of the molecule is Cc1cc(/C=C2/SC(=O)NC2=O)cc(C)c1Oc1ccc(O)c(C(C)C)c1. The van der Waals surface area contributed by atoms with Crippen molar-refractivity contribution in [2.75, 3.05) is 0 Å². The van der Waals surface area contributed by atoms with E-state index in [-0.39, 0.29) is 22.8 Å². The summed E-state index contributed by atoms with van der Waals surface area (Å²) in [6.45, 7) is 7.89. The van der Waals surface area contributed by atoms with Crippen molar-refractivity contribution in [3.63, 3.8) is 0 Å². The van der Waals surface area contributed by atoms with E-state index in [1.807, 2.05) is 45.9 Å². The fraction of sp³-hybridized carbons (Fsp3) is 0.238. The molecule has 1 aliphatic rings. The number of benzene rings is 2. The van der Waals surface area contributed by atoms with Gasteiger partial charge < -0.3 is 9.84 Å². The predicted molar refractivity (Wildman–Crippen MR) is 107 cm³/mol. The van der Waals surface area contributed by atoms with E-state index in [0.717, 1.165) is 39.8 Å². The number of aryl methyl sites for hydroxylation is 2. The molecule has 0 aliphatic carbocycles. The number of rotatable bonds is 4. The minimum absolute atomic E-state index is 0.183. The van der Waals surface area contributed by atoms with E-state index in [1.165, 1.54) is 0 Å². The van der Waals surface area contributed by atoms with E-state index in [2.05, 4.69) is 5.32 Å². The van der Waals surface area contributed by atoms with Gasteiger partial charge >= 0.3 is 0 Å². The van der Waals surface area contributed by atoms with Crippen LogP contribution in [0.3, 0.4) is 0 Å². The van der Waals surface area contributed by atoms with Crippen LogP contribution in [0.1, 0.15) is 42.0 Å². The van der Waals surface area contributed by atoms with Crippen LogP contribution in [0.2, 0.25) is 0 Å². The lowest BCUT2D eigenvalue weighted by Crippen LogP contribution is -2.17. The summed E-state index contributed by atoms with van der Waals surface area (Å²) in [6, 6.07) is 9.05. The Kier molecular flexibility index (Phi) is 5.28. The lowest BCUT2D eigenvalue weighted by molar-refractivity contribution is -0.115. The summed E-state index contributed by atoms with van der Waals surface area (Å²) in [4.78, 5) is 23.4. The molecule has 0 unspecified atom stereocenters. The van der Waals surface area contributed by atoms with Crippen LogP contribution in [-0.2, 0) is 4.79 Å². The monoisotopic (exact) mass is 383 g/mol. The third kappa shape index (κ3) is 4.17. The number of phenols is 1. The van der Waals surface area contributed by atoms with Crippen LogP contribution < -0.4 is 10.1 Å². The Morgan fingerprint density at radius 3 is 2.33 bits per heavy atom. The van der Waals surface area contributed by atoms with Gasteiger partial charge in [-0.1, -0.05) is 13.8 Å². The predicted octanol–water partition coefficient (Wildman–Crippen LogP) is 5.25. The third-order valence-electron chi connectivity index (χ3n) is 4.26. The Labute approximate surface area is 162 Å². The van der Waals surface area contributed by atoms with Crippen LogP contribution in [0.5, 0.6) is 17.2 Å². The van der Waals surface area contributed by atoms with Crippen LogP contribution in [0, 0.1) is 13.8 Å². The second-order valence-electron chi connectivity index (χ2n) is 6.81. The summed E-state index contributed by atoms with van der Waals surface area (Å²) < 4.78 is 6.08. The minimum atomic E-state index is -0.369. The Hall–Kier alpha value is -2.73. The molecule has 1 heterocycles. The maximum atomic E-state index is 11.7. The van der Waals surface area contributed by atoms with Crippen LogP contribution in [0.15, 0.2) is 35.2 Å². The largest absolute Gasteiger partial charge is 0.508 e. The van der Waals surface area contributed by atoms with Gasteiger partial charge in [-0.2, -0.15) is 0 Å². The van der Waals surface area contributed by atoms with Crippen LogP contribution in [0.4, 0.5) is 4.79 Å². The number of aromatic hydroxyl groups is 1. The quantitative estimate of drug-likeness (QED) is 0.706. The smallest absolute Gasteiger partial charge is 0.290 e. The molecule has 1 saturated heterocycles. The van der Waals surface area contributed by atoms with Gasteiger partial charge in [-0.25, -0.2) is 0 Å². The van der Waals surface area contributed by atoms with Crippen LogP contribution in [-0.4, -0.2) is 16.3 Å². The van der Waals surface area contributed by atoms with Gasteiger partial charge in [0.05, 0.1) is 4.91 Å². The van der Waals surface area contributed by atoms with Gasteiger partial charge in [0.15, 0.2) is 0 Å². The Morgan fingerprint density at radius 2 is 1.78 bits per heavy atom. The topological polar surface area (TPSA) is 75.6 Å². The summed E-state index contributed by atoms with van der Waals surface area (Å²) in [6.07, 6.45) is 1.70. The van der Waals surface area contributed by atoms with Gasteiger partial charge in [-0.3, -0.25) is 14.9 Å². The Bertz CT molecular complexity index is 940. The highest BCUT2D eigenvalue weighted by Crippen LogP contribution is 2.35. The number of hydrogen-bond acceptors (Lipinski definition) is 5. The van der Waals surface area contributed by atoms with Crippen molar-refractivity contribution in [1.82, 2.24) is 5.32 Å². The number of ether oxygens (including phenoxy) is 1. The highest BCUT2D eigenvalue weighted by molar-refractivity contribution is 8.18. The first-order chi connectivity index (χ1) is 12.7. The molecule has 0 saturated carbocycles. The number of phenolic OH excluding ortho intramolecular Hbond substituents is 1. The molecule has 1 aliphatic heterocycles. The van der Waals surface area contributed by atoms with Crippen LogP contribution >= 0.6 is 11.8 Å². The van der Waals surface area contributed by atoms with Crippen molar-refractivity contribution in [3.8, 4) is 17.2 Å². The molecule has 0 spiro atoms. The minimum Gasteiger partial charge on any atom is -0.508 e. The van der Waals surface area contributed by atoms with Crippen molar-refractivity contribution in [1.29, 1.82) is 0 Å². The molecule has 3 rings (SSSR count). The number of amides is 2. The second-order valence-corrected chi connectivity index (χ2v) is 7.83. The molecule has 0 bridgehead atoms. The molecule has 5 nitrogen and oxygen atoms in total. The van der Waals surface area contributed by atoms with Gasteiger partial charge in [0.25, 0.3) is 11.1 Å². The maximum absolute atomic E-state index is 11.7. The summed E-state index contributed by atoms with van der Waals surface area (Å²) in [7, 11) is 0. The van der Waals surface area contributed by atoms with Crippen molar-refractivity contribution in [2.24, 2.45) is 0 Å². The van der Waals surface area contributed by atoms with Crippen molar-refractivity contribution in [3.05, 3.63) is 57.5 Å². The third-order valence-corrected chi connectivity index (χ3v) is 5.07. The fourth-order valence-electron chi connectivity index (χ4n) is 2.98. The number of nitrogens with one attached hydrogen (secondary N) is 1. The van der Waals surface area contributed by atoms with Gasteiger partial charge in [-0.05, 0) is 84.6 Å². The van der Waals surface area contributed by atoms with E-state index in [1.54, 1.807) is 18.2 Å².